The number of aliphatic hydroxyl groups is 1. The van der Waals surface area contributed by atoms with Crippen molar-refractivity contribution in [3.05, 3.63) is 47.8 Å². The van der Waals surface area contributed by atoms with Gasteiger partial charge in [0.15, 0.2) is 0 Å². The van der Waals surface area contributed by atoms with Crippen molar-refractivity contribution in [3.63, 3.8) is 0 Å². The lowest BCUT2D eigenvalue weighted by Crippen LogP contribution is -2.19. The maximum Gasteiger partial charge on any atom is 0.238 e. The molecule has 2 aromatic heterocycles. The number of aromatic nitrogens is 2. The van der Waals surface area contributed by atoms with E-state index in [2.05, 4.69) is 9.36 Å². The molecule has 0 saturated heterocycles. The SMILES string of the molecule is Cc1cc(-c2cc(-c3cc(S(N)(=O)=O)ccc3CCC(C)(C)O)cnc2N)sn1. The first-order valence-electron chi connectivity index (χ1n) is 9.02. The van der Waals surface area contributed by atoms with Gasteiger partial charge in [-0.3, -0.25) is 0 Å². The molecule has 0 aliphatic carbocycles. The first-order chi connectivity index (χ1) is 13.4. The molecule has 0 radical (unpaired) electrons. The molecule has 2 heterocycles. The zero-order valence-electron chi connectivity index (χ0n) is 16.5. The first-order valence-corrected chi connectivity index (χ1v) is 11.3. The Bertz CT molecular complexity index is 1150. The summed E-state index contributed by atoms with van der Waals surface area (Å²) in [5.74, 6) is 0.373. The highest BCUT2D eigenvalue weighted by Crippen LogP contribution is 2.35. The molecule has 1 aromatic carbocycles. The van der Waals surface area contributed by atoms with Crippen LogP contribution in [-0.4, -0.2) is 28.5 Å². The second-order valence-electron chi connectivity index (χ2n) is 7.67. The number of nitrogens with zero attached hydrogens (tertiary/aromatic N) is 2. The third-order valence-corrected chi connectivity index (χ3v) is 6.36. The summed E-state index contributed by atoms with van der Waals surface area (Å²) in [5.41, 5.74) is 9.15. The van der Waals surface area contributed by atoms with Gasteiger partial charge < -0.3 is 10.8 Å². The molecule has 0 saturated carbocycles. The molecule has 0 aliphatic rings. The van der Waals surface area contributed by atoms with Crippen LogP contribution in [0.25, 0.3) is 21.6 Å². The molecule has 3 rings (SSSR count). The van der Waals surface area contributed by atoms with Crippen LogP contribution in [-0.2, 0) is 16.4 Å². The van der Waals surface area contributed by atoms with Crippen molar-refractivity contribution in [2.75, 3.05) is 5.73 Å². The molecule has 154 valence electrons. The minimum absolute atomic E-state index is 0.0199. The Balaban J connectivity index is 2.14. The summed E-state index contributed by atoms with van der Waals surface area (Å²) in [6.45, 7) is 5.37. The van der Waals surface area contributed by atoms with E-state index in [1.54, 1.807) is 32.2 Å². The Kier molecular flexibility index (Phi) is 5.77. The predicted molar refractivity (Wildman–Crippen MR) is 116 cm³/mol. The lowest BCUT2D eigenvalue weighted by atomic mass is 9.93. The molecule has 29 heavy (non-hydrogen) atoms. The summed E-state index contributed by atoms with van der Waals surface area (Å²) < 4.78 is 28.1. The van der Waals surface area contributed by atoms with Crippen molar-refractivity contribution < 1.29 is 13.5 Å². The second-order valence-corrected chi connectivity index (χ2v) is 10.0. The summed E-state index contributed by atoms with van der Waals surface area (Å²) >= 11 is 1.33. The number of benzene rings is 1. The summed E-state index contributed by atoms with van der Waals surface area (Å²) in [6, 6.07) is 8.57. The Hall–Kier alpha value is -2.33. The molecule has 0 amide bonds. The average Bonchev–Trinajstić information content (AvgIpc) is 3.05. The number of pyridine rings is 1. The summed E-state index contributed by atoms with van der Waals surface area (Å²) in [6.07, 6.45) is 2.68. The number of primary sulfonamides is 1. The molecule has 0 fully saturated rings. The molecule has 3 aromatic rings. The number of nitrogen functional groups attached to an aromatic ring is 1. The van der Waals surface area contributed by atoms with Gasteiger partial charge in [-0.25, -0.2) is 18.5 Å². The zero-order chi connectivity index (χ0) is 21.4. The van der Waals surface area contributed by atoms with E-state index in [1.807, 2.05) is 19.1 Å². The van der Waals surface area contributed by atoms with E-state index in [0.29, 0.717) is 24.2 Å². The smallest absolute Gasteiger partial charge is 0.238 e. The van der Waals surface area contributed by atoms with Crippen molar-refractivity contribution in [1.82, 2.24) is 9.36 Å². The van der Waals surface area contributed by atoms with E-state index in [9.17, 15) is 13.5 Å². The van der Waals surface area contributed by atoms with Crippen molar-refractivity contribution in [1.29, 1.82) is 0 Å². The molecule has 0 aliphatic heterocycles. The topological polar surface area (TPSA) is 132 Å². The largest absolute Gasteiger partial charge is 0.390 e. The molecule has 9 heteroatoms. The summed E-state index contributed by atoms with van der Waals surface area (Å²) in [7, 11) is -3.86. The highest BCUT2D eigenvalue weighted by Gasteiger charge is 2.18. The Labute approximate surface area is 174 Å². The monoisotopic (exact) mass is 432 g/mol. The van der Waals surface area contributed by atoms with Gasteiger partial charge in [0, 0.05) is 17.3 Å². The van der Waals surface area contributed by atoms with Crippen LogP contribution in [0.1, 0.15) is 31.5 Å². The number of anilines is 1. The van der Waals surface area contributed by atoms with Crippen molar-refractivity contribution in [2.45, 2.75) is 44.1 Å². The highest BCUT2D eigenvalue weighted by molar-refractivity contribution is 7.89. The van der Waals surface area contributed by atoms with Gasteiger partial charge in [-0.15, -0.1) is 0 Å². The molecule has 0 bridgehead atoms. The fourth-order valence-corrected chi connectivity index (χ4v) is 4.29. The van der Waals surface area contributed by atoms with E-state index >= 15 is 0 Å². The van der Waals surface area contributed by atoms with Gasteiger partial charge in [0.25, 0.3) is 0 Å². The van der Waals surface area contributed by atoms with Crippen molar-refractivity contribution >= 4 is 27.4 Å². The number of aryl methyl sites for hydroxylation is 2. The van der Waals surface area contributed by atoms with E-state index in [1.165, 1.54) is 17.6 Å². The van der Waals surface area contributed by atoms with Gasteiger partial charge in [0.05, 0.1) is 21.1 Å². The number of hydrogen-bond acceptors (Lipinski definition) is 7. The van der Waals surface area contributed by atoms with Gasteiger partial charge in [0.2, 0.25) is 10.0 Å². The molecule has 5 N–H and O–H groups in total. The average molecular weight is 433 g/mol. The van der Waals surface area contributed by atoms with Crippen LogP contribution in [0.3, 0.4) is 0 Å². The van der Waals surface area contributed by atoms with Gasteiger partial charge in [-0.1, -0.05) is 6.07 Å². The van der Waals surface area contributed by atoms with E-state index in [-0.39, 0.29) is 4.90 Å². The van der Waals surface area contributed by atoms with Crippen LogP contribution in [0, 0.1) is 6.92 Å². The maximum absolute atomic E-state index is 11.9. The molecular weight excluding hydrogens is 408 g/mol. The van der Waals surface area contributed by atoms with Gasteiger partial charge in [-0.05, 0) is 80.5 Å². The quantitative estimate of drug-likeness (QED) is 0.548. The van der Waals surface area contributed by atoms with Crippen LogP contribution in [0.4, 0.5) is 5.82 Å². The van der Waals surface area contributed by atoms with Crippen LogP contribution in [0.2, 0.25) is 0 Å². The third kappa shape index (κ3) is 5.18. The van der Waals surface area contributed by atoms with Crippen LogP contribution < -0.4 is 10.9 Å². The Morgan fingerprint density at radius 2 is 1.90 bits per heavy atom. The third-order valence-electron chi connectivity index (χ3n) is 4.54. The first kappa shape index (κ1) is 21.4. The normalized spacial score (nSPS) is 12.3. The number of rotatable bonds is 6. The lowest BCUT2D eigenvalue weighted by Gasteiger charge is -2.19. The Morgan fingerprint density at radius 1 is 1.17 bits per heavy atom. The summed E-state index contributed by atoms with van der Waals surface area (Å²) in [4.78, 5) is 5.21. The molecular formula is C20H24N4O3S2. The minimum Gasteiger partial charge on any atom is -0.390 e. The minimum atomic E-state index is -3.86. The molecule has 7 nitrogen and oxygen atoms in total. The second kappa shape index (κ2) is 7.83. The predicted octanol–water partition coefficient (Wildman–Crippen LogP) is 3.11. The van der Waals surface area contributed by atoms with Crippen molar-refractivity contribution in [2.24, 2.45) is 5.14 Å². The summed E-state index contributed by atoms with van der Waals surface area (Å²) in [5, 5.41) is 15.4. The number of nitrogens with two attached hydrogens (primary N) is 2. The fraction of sp³-hybridized carbons (Fsp3) is 0.300. The van der Waals surface area contributed by atoms with E-state index in [4.69, 9.17) is 10.9 Å². The molecule has 0 unspecified atom stereocenters. The van der Waals surface area contributed by atoms with Crippen LogP contribution >= 0.6 is 11.5 Å². The van der Waals surface area contributed by atoms with E-state index < -0.39 is 15.6 Å². The van der Waals surface area contributed by atoms with E-state index in [0.717, 1.165) is 27.3 Å². The fourth-order valence-electron chi connectivity index (χ4n) is 2.97. The van der Waals surface area contributed by atoms with Crippen LogP contribution in [0.5, 0.6) is 0 Å². The maximum atomic E-state index is 11.9. The van der Waals surface area contributed by atoms with Crippen molar-refractivity contribution in [3.8, 4) is 21.6 Å². The van der Waals surface area contributed by atoms with Gasteiger partial charge >= 0.3 is 0 Å². The molecule has 0 atom stereocenters. The Morgan fingerprint density at radius 3 is 2.48 bits per heavy atom. The molecule has 0 spiro atoms. The lowest BCUT2D eigenvalue weighted by molar-refractivity contribution is 0.0714. The number of hydrogen-bond donors (Lipinski definition) is 3. The highest BCUT2D eigenvalue weighted by atomic mass is 32.2. The standard InChI is InChI=1S/C20H24N4O3S2/c1-12-8-18(28-24-12)17-9-14(11-23-19(17)21)16-10-15(29(22,26)27)5-4-13(16)6-7-20(2,3)25/h4-5,8-11,25H,6-7H2,1-3H3,(H2,21,23)(H2,22,26,27). The van der Waals surface area contributed by atoms with Gasteiger partial charge in [-0.2, -0.15) is 4.37 Å². The van der Waals surface area contributed by atoms with Crippen LogP contribution in [0.15, 0.2) is 41.4 Å². The van der Waals surface area contributed by atoms with Gasteiger partial charge in [0.1, 0.15) is 5.82 Å². The zero-order valence-corrected chi connectivity index (χ0v) is 18.1. The number of sulfonamides is 1.